The summed E-state index contributed by atoms with van der Waals surface area (Å²) in [5, 5.41) is 21.5. The van der Waals surface area contributed by atoms with Crippen LogP contribution in [0.1, 0.15) is 22.7 Å². The summed E-state index contributed by atoms with van der Waals surface area (Å²) in [6.07, 6.45) is 0. The van der Waals surface area contributed by atoms with Gasteiger partial charge < -0.3 is 10.2 Å². The fourth-order valence-electron chi connectivity index (χ4n) is 3.66. The van der Waals surface area contributed by atoms with E-state index < -0.39 is 17.7 Å². The van der Waals surface area contributed by atoms with Crippen LogP contribution in [-0.2, 0) is 9.59 Å². The molecule has 8 heteroatoms. The summed E-state index contributed by atoms with van der Waals surface area (Å²) in [5.74, 6) is -2.06. The van der Waals surface area contributed by atoms with Crippen LogP contribution in [0, 0.1) is 6.92 Å². The van der Waals surface area contributed by atoms with E-state index in [4.69, 9.17) is 23.2 Å². The molecule has 162 valence electrons. The zero-order valence-corrected chi connectivity index (χ0v) is 19.7. The van der Waals surface area contributed by atoms with Gasteiger partial charge in [-0.15, -0.1) is 0 Å². The number of hydrogen-bond donors (Lipinski definition) is 2. The van der Waals surface area contributed by atoms with Crippen molar-refractivity contribution in [2.75, 3.05) is 4.90 Å². The molecule has 1 heterocycles. The van der Waals surface area contributed by atoms with Gasteiger partial charge in [0.2, 0.25) is 0 Å². The predicted octanol–water partition coefficient (Wildman–Crippen LogP) is 6.40. The molecule has 2 N–H and O–H groups in total. The average molecular weight is 533 g/mol. The summed E-state index contributed by atoms with van der Waals surface area (Å²) in [7, 11) is 0. The maximum atomic E-state index is 13.1. The molecule has 32 heavy (non-hydrogen) atoms. The highest BCUT2D eigenvalue weighted by atomic mass is 79.9. The average Bonchev–Trinajstić information content (AvgIpc) is 3.03. The maximum Gasteiger partial charge on any atom is 0.300 e. The lowest BCUT2D eigenvalue weighted by Crippen LogP contribution is -2.29. The molecule has 5 nitrogen and oxygen atoms in total. The number of carbonyl (C=O) groups is 2. The Balaban J connectivity index is 1.97. The van der Waals surface area contributed by atoms with E-state index in [9.17, 15) is 19.8 Å². The Bertz CT molecular complexity index is 1290. The summed E-state index contributed by atoms with van der Waals surface area (Å²) >= 11 is 15.5. The number of aromatic hydroxyl groups is 1. The molecule has 0 aliphatic carbocycles. The van der Waals surface area contributed by atoms with E-state index in [1.165, 1.54) is 17.0 Å². The van der Waals surface area contributed by atoms with Gasteiger partial charge in [0.1, 0.15) is 11.5 Å². The van der Waals surface area contributed by atoms with Crippen molar-refractivity contribution in [2.45, 2.75) is 13.0 Å². The number of aliphatic hydroxyl groups is 1. The zero-order valence-electron chi connectivity index (χ0n) is 16.6. The second kappa shape index (κ2) is 8.62. The monoisotopic (exact) mass is 531 g/mol. The third-order valence-electron chi connectivity index (χ3n) is 5.27. The van der Waals surface area contributed by atoms with Crippen molar-refractivity contribution in [3.8, 4) is 5.75 Å². The van der Waals surface area contributed by atoms with Gasteiger partial charge in [-0.2, -0.15) is 0 Å². The number of ketones is 1. The topological polar surface area (TPSA) is 77.8 Å². The van der Waals surface area contributed by atoms with Gasteiger partial charge in [-0.1, -0.05) is 51.3 Å². The van der Waals surface area contributed by atoms with Crippen LogP contribution in [-0.4, -0.2) is 21.9 Å². The molecular formula is C24H16BrCl2NO4. The standard InChI is InChI=1S/C24H16BrCl2NO4/c1-12-10-14(2-8-17(12)25)22(30)20-21(13-3-9-19(29)18(27)11-13)28(24(32)23(20)31)16-6-4-15(26)5-7-16/h2-11,21,29-30H,1H3/b22-20-. The fourth-order valence-corrected chi connectivity index (χ4v) is 4.22. The lowest BCUT2D eigenvalue weighted by molar-refractivity contribution is -0.132. The van der Waals surface area contributed by atoms with Gasteiger partial charge in [0.05, 0.1) is 16.6 Å². The second-order valence-corrected chi connectivity index (χ2v) is 9.02. The molecule has 1 unspecified atom stereocenters. The van der Waals surface area contributed by atoms with Gasteiger partial charge in [0.15, 0.2) is 0 Å². The van der Waals surface area contributed by atoms with Crippen LogP contribution >= 0.6 is 39.1 Å². The number of nitrogens with zero attached hydrogens (tertiary/aromatic N) is 1. The molecule has 0 aromatic heterocycles. The Morgan fingerprint density at radius 3 is 2.31 bits per heavy atom. The van der Waals surface area contributed by atoms with Crippen molar-refractivity contribution in [3.05, 3.63) is 97.4 Å². The van der Waals surface area contributed by atoms with Gasteiger partial charge >= 0.3 is 0 Å². The Morgan fingerprint density at radius 2 is 1.69 bits per heavy atom. The van der Waals surface area contributed by atoms with Gasteiger partial charge in [-0.25, -0.2) is 0 Å². The van der Waals surface area contributed by atoms with E-state index in [0.29, 0.717) is 21.8 Å². The van der Waals surface area contributed by atoms with Gasteiger partial charge in [0, 0.05) is 20.7 Å². The number of benzene rings is 3. The van der Waals surface area contributed by atoms with Crippen LogP contribution in [0.5, 0.6) is 5.75 Å². The highest BCUT2D eigenvalue weighted by Crippen LogP contribution is 2.43. The normalized spacial score (nSPS) is 17.8. The molecule has 0 radical (unpaired) electrons. The molecule has 3 aromatic carbocycles. The first kappa shape index (κ1) is 22.4. The van der Waals surface area contributed by atoms with E-state index >= 15 is 0 Å². The number of carbonyl (C=O) groups excluding carboxylic acids is 2. The Hall–Kier alpha value is -2.80. The first-order valence-corrected chi connectivity index (χ1v) is 11.1. The Kier molecular flexibility index (Phi) is 6.03. The van der Waals surface area contributed by atoms with Crippen LogP contribution in [0.2, 0.25) is 10.0 Å². The summed E-state index contributed by atoms with van der Waals surface area (Å²) < 4.78 is 0.845. The zero-order chi connectivity index (χ0) is 23.2. The van der Waals surface area contributed by atoms with Crippen molar-refractivity contribution in [3.63, 3.8) is 0 Å². The minimum atomic E-state index is -0.960. The van der Waals surface area contributed by atoms with Crippen molar-refractivity contribution in [1.29, 1.82) is 0 Å². The summed E-state index contributed by atoms with van der Waals surface area (Å²) in [5.41, 5.74) is 2.06. The fraction of sp³-hybridized carbons (Fsp3) is 0.0833. The number of phenolic OH excluding ortho intramolecular Hbond substituents is 1. The van der Waals surface area contributed by atoms with E-state index in [1.807, 2.05) is 6.92 Å². The molecule has 1 atom stereocenters. The largest absolute Gasteiger partial charge is 0.507 e. The Morgan fingerprint density at radius 1 is 1.00 bits per heavy atom. The molecule has 1 fully saturated rings. The van der Waals surface area contributed by atoms with Crippen LogP contribution in [0.3, 0.4) is 0 Å². The van der Waals surface area contributed by atoms with E-state index in [2.05, 4.69) is 15.9 Å². The molecule has 0 bridgehead atoms. The molecule has 4 rings (SSSR count). The van der Waals surface area contributed by atoms with Crippen molar-refractivity contribution in [2.24, 2.45) is 0 Å². The molecular weight excluding hydrogens is 517 g/mol. The number of phenols is 1. The second-order valence-electron chi connectivity index (χ2n) is 7.32. The van der Waals surface area contributed by atoms with Gasteiger partial charge in [0.25, 0.3) is 11.7 Å². The number of aryl methyl sites for hydroxylation is 1. The van der Waals surface area contributed by atoms with Crippen molar-refractivity contribution < 1.29 is 19.8 Å². The summed E-state index contributed by atoms with van der Waals surface area (Å²) in [4.78, 5) is 27.5. The first-order chi connectivity index (χ1) is 15.2. The number of rotatable bonds is 3. The van der Waals surface area contributed by atoms with E-state index in [-0.39, 0.29) is 22.1 Å². The number of Topliss-reactive ketones (excluding diaryl/α,β-unsaturated/α-hetero) is 1. The lowest BCUT2D eigenvalue weighted by atomic mass is 9.94. The van der Waals surface area contributed by atoms with E-state index in [1.54, 1.807) is 48.5 Å². The van der Waals surface area contributed by atoms with Gasteiger partial charge in [-0.3, -0.25) is 14.5 Å². The number of hydrogen-bond acceptors (Lipinski definition) is 4. The molecule has 1 saturated heterocycles. The Labute approximate surface area is 202 Å². The van der Waals surface area contributed by atoms with Crippen molar-refractivity contribution in [1.82, 2.24) is 0 Å². The highest BCUT2D eigenvalue weighted by molar-refractivity contribution is 9.10. The molecule has 3 aromatic rings. The molecule has 0 saturated carbocycles. The van der Waals surface area contributed by atoms with Crippen molar-refractivity contribution >= 4 is 62.3 Å². The van der Waals surface area contributed by atoms with E-state index in [0.717, 1.165) is 10.0 Å². The molecule has 1 amide bonds. The lowest BCUT2D eigenvalue weighted by Gasteiger charge is -2.25. The third kappa shape index (κ3) is 3.90. The summed E-state index contributed by atoms with van der Waals surface area (Å²) in [6, 6.07) is 15.0. The van der Waals surface area contributed by atoms with Crippen LogP contribution in [0.25, 0.3) is 5.76 Å². The molecule has 1 aliphatic rings. The first-order valence-electron chi connectivity index (χ1n) is 9.50. The predicted molar refractivity (Wildman–Crippen MR) is 128 cm³/mol. The number of amides is 1. The minimum Gasteiger partial charge on any atom is -0.507 e. The maximum absolute atomic E-state index is 13.1. The highest BCUT2D eigenvalue weighted by Gasteiger charge is 2.47. The molecule has 1 aliphatic heterocycles. The minimum absolute atomic E-state index is 0.0590. The summed E-state index contributed by atoms with van der Waals surface area (Å²) in [6.45, 7) is 1.85. The third-order valence-corrected chi connectivity index (χ3v) is 6.71. The van der Waals surface area contributed by atoms with Crippen LogP contribution in [0.4, 0.5) is 5.69 Å². The number of aliphatic hydroxyl groups excluding tert-OH is 1. The molecule has 0 spiro atoms. The van der Waals surface area contributed by atoms with Gasteiger partial charge in [-0.05, 0) is 66.6 Å². The number of halogens is 3. The van der Waals surface area contributed by atoms with Crippen LogP contribution in [0.15, 0.2) is 70.7 Å². The SMILES string of the molecule is Cc1cc(/C(O)=C2/C(=O)C(=O)N(c3ccc(Cl)cc3)C2c2ccc(O)c(Cl)c2)ccc1Br. The van der Waals surface area contributed by atoms with Crippen LogP contribution < -0.4 is 4.90 Å². The smallest absolute Gasteiger partial charge is 0.300 e. The number of anilines is 1. The quantitative estimate of drug-likeness (QED) is 0.232.